The van der Waals surface area contributed by atoms with Gasteiger partial charge in [-0.15, -0.1) is 11.3 Å². The molecule has 0 unspecified atom stereocenters. The summed E-state index contributed by atoms with van der Waals surface area (Å²) in [6.45, 7) is 4.43. The number of nitrogens with two attached hydrogens (primary N) is 1. The van der Waals surface area contributed by atoms with Crippen LogP contribution in [0.25, 0.3) is 0 Å². The summed E-state index contributed by atoms with van der Waals surface area (Å²) in [6.07, 6.45) is 0.779. The van der Waals surface area contributed by atoms with Crippen LogP contribution in [0, 0.1) is 13.8 Å². The number of nitrogens with one attached hydrogen (secondary N) is 1. The summed E-state index contributed by atoms with van der Waals surface area (Å²) >= 11 is 1.61. The lowest BCUT2D eigenvalue weighted by atomic mass is 10.2. The molecule has 0 aliphatic carbocycles. The van der Waals surface area contributed by atoms with Gasteiger partial charge in [0.25, 0.3) is 0 Å². The van der Waals surface area contributed by atoms with E-state index in [1.807, 2.05) is 31.5 Å². The molecule has 3 N–H and O–H groups in total. The minimum Gasteiger partial charge on any atom is -0.398 e. The molecule has 6 heteroatoms. The van der Waals surface area contributed by atoms with Crippen LogP contribution in [0.4, 0.5) is 11.4 Å². The first kappa shape index (κ1) is 15.5. The van der Waals surface area contributed by atoms with Crippen molar-refractivity contribution in [1.82, 2.24) is 4.98 Å². The quantitative estimate of drug-likeness (QED) is 0.635. The van der Waals surface area contributed by atoms with Gasteiger partial charge in [-0.25, -0.2) is 4.98 Å². The second-order valence-electron chi connectivity index (χ2n) is 4.78. The molecule has 112 valence electrons. The van der Waals surface area contributed by atoms with E-state index in [2.05, 4.69) is 10.3 Å². The molecule has 1 heterocycles. The number of carbonyl (C=O) groups is 1. The van der Waals surface area contributed by atoms with E-state index in [0.29, 0.717) is 18.0 Å². The number of anilines is 2. The first-order valence-corrected chi connectivity index (χ1v) is 7.57. The molecule has 2 rings (SSSR count). The van der Waals surface area contributed by atoms with Gasteiger partial charge in [-0.2, -0.15) is 0 Å². The first-order valence-electron chi connectivity index (χ1n) is 6.69. The molecule has 0 bridgehead atoms. The Morgan fingerprint density at radius 2 is 2.24 bits per heavy atom. The molecule has 1 aromatic carbocycles. The zero-order chi connectivity index (χ0) is 15.2. The van der Waals surface area contributed by atoms with Crippen LogP contribution in [0.1, 0.15) is 16.1 Å². The van der Waals surface area contributed by atoms with Crippen molar-refractivity contribution < 1.29 is 9.53 Å². The van der Waals surface area contributed by atoms with Crippen molar-refractivity contribution in [2.45, 2.75) is 20.3 Å². The van der Waals surface area contributed by atoms with Crippen LogP contribution >= 0.6 is 11.3 Å². The van der Waals surface area contributed by atoms with Gasteiger partial charge >= 0.3 is 0 Å². The number of hydrogen-bond donors (Lipinski definition) is 2. The molecule has 21 heavy (non-hydrogen) atoms. The Kier molecular flexibility index (Phi) is 5.30. The molecule has 0 fully saturated rings. The highest BCUT2D eigenvalue weighted by atomic mass is 32.1. The summed E-state index contributed by atoms with van der Waals surface area (Å²) in [5, 5.41) is 2.76. The predicted molar refractivity (Wildman–Crippen MR) is 85.6 cm³/mol. The summed E-state index contributed by atoms with van der Waals surface area (Å²) in [5.41, 5.74) is 11.0. The number of carbonyl (C=O) groups excluding carboxylic acids is 1. The van der Waals surface area contributed by atoms with Gasteiger partial charge in [-0.3, -0.25) is 4.79 Å². The number of nitrogen functional groups attached to an aromatic ring is 1. The van der Waals surface area contributed by atoms with Crippen molar-refractivity contribution in [3.05, 3.63) is 39.8 Å². The number of thiazole rings is 1. The summed E-state index contributed by atoms with van der Waals surface area (Å²) in [4.78, 5) is 17.1. The molecule has 0 spiro atoms. The van der Waals surface area contributed by atoms with E-state index in [1.54, 1.807) is 17.4 Å². The molecule has 1 amide bonds. The maximum absolute atomic E-state index is 11.8. The SMILES string of the molecule is Cc1ccc(NC(=O)COCCc2scnc2C)cc1N. The van der Waals surface area contributed by atoms with Crippen LogP contribution in [-0.4, -0.2) is 24.1 Å². The molecule has 1 aromatic heterocycles. The first-order chi connectivity index (χ1) is 10.1. The maximum Gasteiger partial charge on any atom is 0.250 e. The van der Waals surface area contributed by atoms with Gasteiger partial charge in [0.1, 0.15) is 6.61 Å². The largest absolute Gasteiger partial charge is 0.398 e. The van der Waals surface area contributed by atoms with Crippen molar-refractivity contribution >= 4 is 28.6 Å². The van der Waals surface area contributed by atoms with E-state index in [4.69, 9.17) is 10.5 Å². The fraction of sp³-hybridized carbons (Fsp3) is 0.333. The zero-order valence-corrected chi connectivity index (χ0v) is 13.0. The number of benzene rings is 1. The van der Waals surface area contributed by atoms with E-state index < -0.39 is 0 Å². The molecule has 2 aromatic rings. The van der Waals surface area contributed by atoms with E-state index >= 15 is 0 Å². The third-order valence-electron chi connectivity index (χ3n) is 3.11. The highest BCUT2D eigenvalue weighted by molar-refractivity contribution is 7.09. The van der Waals surface area contributed by atoms with Crippen molar-refractivity contribution in [2.24, 2.45) is 0 Å². The Morgan fingerprint density at radius 1 is 1.43 bits per heavy atom. The van der Waals surface area contributed by atoms with E-state index in [1.165, 1.54) is 4.88 Å². The van der Waals surface area contributed by atoms with Crippen LogP contribution in [0.5, 0.6) is 0 Å². The number of amides is 1. The van der Waals surface area contributed by atoms with Gasteiger partial charge in [-0.05, 0) is 31.5 Å². The highest BCUT2D eigenvalue weighted by Crippen LogP contribution is 2.16. The monoisotopic (exact) mass is 305 g/mol. The van der Waals surface area contributed by atoms with Crippen molar-refractivity contribution in [3.63, 3.8) is 0 Å². The average molecular weight is 305 g/mol. The zero-order valence-electron chi connectivity index (χ0n) is 12.2. The summed E-state index contributed by atoms with van der Waals surface area (Å²) in [5.74, 6) is -0.181. The Balaban J connectivity index is 1.72. The lowest BCUT2D eigenvalue weighted by Crippen LogP contribution is -2.19. The fourth-order valence-corrected chi connectivity index (χ4v) is 2.57. The van der Waals surface area contributed by atoms with Crippen LogP contribution in [0.3, 0.4) is 0 Å². The van der Waals surface area contributed by atoms with Gasteiger partial charge in [0, 0.05) is 22.7 Å². The van der Waals surface area contributed by atoms with E-state index in [0.717, 1.165) is 17.7 Å². The van der Waals surface area contributed by atoms with Crippen LogP contribution < -0.4 is 11.1 Å². The maximum atomic E-state index is 11.8. The molecular formula is C15H19N3O2S. The standard InChI is InChI=1S/C15H19N3O2S/c1-10-3-4-12(7-13(10)16)18-15(19)8-20-6-5-14-11(2)17-9-21-14/h3-4,7,9H,5-6,8,16H2,1-2H3,(H,18,19). The lowest BCUT2D eigenvalue weighted by Gasteiger charge is -2.08. The number of aryl methyl sites for hydroxylation is 2. The Bertz CT molecular complexity index is 625. The summed E-state index contributed by atoms with van der Waals surface area (Å²) in [7, 11) is 0. The molecule has 0 aliphatic rings. The van der Waals surface area contributed by atoms with Gasteiger partial charge in [0.05, 0.1) is 17.8 Å². The number of rotatable bonds is 6. The van der Waals surface area contributed by atoms with Crippen molar-refractivity contribution in [2.75, 3.05) is 24.3 Å². The van der Waals surface area contributed by atoms with Crippen molar-refractivity contribution in [1.29, 1.82) is 0 Å². The molecular weight excluding hydrogens is 286 g/mol. The smallest absolute Gasteiger partial charge is 0.250 e. The summed E-state index contributed by atoms with van der Waals surface area (Å²) in [6, 6.07) is 5.44. The van der Waals surface area contributed by atoms with Crippen LogP contribution in [0.2, 0.25) is 0 Å². The van der Waals surface area contributed by atoms with Crippen molar-refractivity contribution in [3.8, 4) is 0 Å². The molecule has 0 atom stereocenters. The number of nitrogens with zero attached hydrogens (tertiary/aromatic N) is 1. The van der Waals surface area contributed by atoms with Gasteiger partial charge in [0.15, 0.2) is 0 Å². The number of hydrogen-bond acceptors (Lipinski definition) is 5. The summed E-state index contributed by atoms with van der Waals surface area (Å²) < 4.78 is 5.39. The molecule has 0 aliphatic heterocycles. The van der Waals surface area contributed by atoms with E-state index in [9.17, 15) is 4.79 Å². The van der Waals surface area contributed by atoms with Crippen LogP contribution in [-0.2, 0) is 16.0 Å². The number of aromatic nitrogens is 1. The fourth-order valence-electron chi connectivity index (χ4n) is 1.81. The van der Waals surface area contributed by atoms with Gasteiger partial charge in [0.2, 0.25) is 5.91 Å². The lowest BCUT2D eigenvalue weighted by molar-refractivity contribution is -0.120. The Hall–Kier alpha value is -1.92. The molecule has 0 radical (unpaired) electrons. The molecule has 0 saturated carbocycles. The highest BCUT2D eigenvalue weighted by Gasteiger charge is 2.05. The third-order valence-corrected chi connectivity index (χ3v) is 4.11. The third kappa shape index (κ3) is 4.54. The number of ether oxygens (including phenoxy) is 1. The Labute approximate surface area is 128 Å². The topological polar surface area (TPSA) is 77.2 Å². The van der Waals surface area contributed by atoms with Gasteiger partial charge in [-0.1, -0.05) is 6.07 Å². The Morgan fingerprint density at radius 3 is 2.90 bits per heavy atom. The van der Waals surface area contributed by atoms with Gasteiger partial charge < -0.3 is 15.8 Å². The van der Waals surface area contributed by atoms with Crippen LogP contribution in [0.15, 0.2) is 23.7 Å². The van der Waals surface area contributed by atoms with E-state index in [-0.39, 0.29) is 12.5 Å². The minimum absolute atomic E-state index is 0.0334. The molecule has 0 saturated heterocycles. The second kappa shape index (κ2) is 7.19. The normalized spacial score (nSPS) is 10.6. The minimum atomic E-state index is -0.181. The predicted octanol–water partition coefficient (Wildman–Crippen LogP) is 2.54. The second-order valence-corrected chi connectivity index (χ2v) is 5.72. The average Bonchev–Trinajstić information content (AvgIpc) is 2.85. The molecule has 5 nitrogen and oxygen atoms in total.